The summed E-state index contributed by atoms with van der Waals surface area (Å²) in [5.41, 5.74) is -0.986. The molecule has 0 aromatic rings. The lowest BCUT2D eigenvalue weighted by Gasteiger charge is -2.44. The van der Waals surface area contributed by atoms with Gasteiger partial charge in [0.05, 0.1) is 6.04 Å². The number of carbonyl (C=O) groups is 1. The molecule has 1 heterocycles. The molecule has 1 saturated carbocycles. The highest BCUT2D eigenvalue weighted by Crippen LogP contribution is 2.54. The fourth-order valence-corrected chi connectivity index (χ4v) is 4.49. The first kappa shape index (κ1) is 20.7. The Balaban J connectivity index is 2.03. The number of amides is 1. The first-order valence-electron chi connectivity index (χ1n) is 9.03. The fraction of sp³-hybridized carbons (Fsp3) is 0.944. The van der Waals surface area contributed by atoms with Gasteiger partial charge in [0, 0.05) is 24.3 Å². The predicted octanol–water partition coefficient (Wildman–Crippen LogP) is 4.84. The van der Waals surface area contributed by atoms with Crippen LogP contribution in [0.2, 0.25) is 0 Å². The lowest BCUT2D eigenvalue weighted by atomic mass is 9.74. The van der Waals surface area contributed by atoms with Gasteiger partial charge in [0.2, 0.25) is 0 Å². The van der Waals surface area contributed by atoms with Crippen molar-refractivity contribution in [3.05, 3.63) is 0 Å². The molecule has 0 bridgehead atoms. The van der Waals surface area contributed by atoms with Crippen molar-refractivity contribution in [3.63, 3.8) is 0 Å². The van der Waals surface area contributed by atoms with Gasteiger partial charge in [-0.1, -0.05) is 11.9 Å². The summed E-state index contributed by atoms with van der Waals surface area (Å²) in [6.07, 6.45) is 1.25. The van der Waals surface area contributed by atoms with Gasteiger partial charge in [-0.3, -0.25) is 4.72 Å². The Morgan fingerprint density at radius 3 is 2.12 bits per heavy atom. The number of halogens is 2. The average Bonchev–Trinajstić information content (AvgIpc) is 2.66. The van der Waals surface area contributed by atoms with Crippen molar-refractivity contribution < 1.29 is 18.3 Å². The second-order valence-electron chi connectivity index (χ2n) is 9.36. The minimum absolute atomic E-state index is 0.0815. The number of hydrogen-bond acceptors (Lipinski definition) is 4. The Morgan fingerprint density at radius 2 is 1.64 bits per heavy atom. The van der Waals surface area contributed by atoms with Crippen LogP contribution in [0.4, 0.5) is 13.6 Å². The summed E-state index contributed by atoms with van der Waals surface area (Å²) in [5.74, 6) is -2.70. The molecule has 1 saturated heterocycles. The zero-order valence-electron chi connectivity index (χ0n) is 16.2. The van der Waals surface area contributed by atoms with Crippen molar-refractivity contribution in [2.75, 3.05) is 13.1 Å². The van der Waals surface area contributed by atoms with E-state index in [0.717, 1.165) is 0 Å². The number of carbonyl (C=O) groups excluding carboxylic acids is 1. The van der Waals surface area contributed by atoms with Gasteiger partial charge in [-0.25, -0.2) is 13.6 Å². The molecule has 1 atom stereocenters. The van der Waals surface area contributed by atoms with Crippen LogP contribution in [-0.2, 0) is 4.74 Å². The molecule has 1 amide bonds. The van der Waals surface area contributed by atoms with E-state index in [4.69, 9.17) is 4.74 Å². The molecular weight excluding hydrogens is 346 g/mol. The van der Waals surface area contributed by atoms with E-state index in [0.29, 0.717) is 32.4 Å². The zero-order valence-corrected chi connectivity index (χ0v) is 17.1. The Labute approximate surface area is 154 Å². The van der Waals surface area contributed by atoms with Gasteiger partial charge in [-0.05, 0) is 66.2 Å². The molecule has 2 fully saturated rings. The number of nitrogens with zero attached hydrogens (tertiary/aromatic N) is 1. The molecular formula is C18H32F2N2O2S. The highest BCUT2D eigenvalue weighted by atomic mass is 32.2. The number of rotatable bonds is 2. The first-order chi connectivity index (χ1) is 11.2. The Morgan fingerprint density at radius 1 is 1.08 bits per heavy atom. The van der Waals surface area contributed by atoms with E-state index in [9.17, 15) is 13.6 Å². The zero-order chi connectivity index (χ0) is 19.1. The quantitative estimate of drug-likeness (QED) is 0.698. The second kappa shape index (κ2) is 6.87. The number of ether oxygens (including phenoxy) is 1. The van der Waals surface area contributed by atoms with Crippen LogP contribution < -0.4 is 4.72 Å². The smallest absolute Gasteiger partial charge is 0.410 e. The molecule has 0 unspecified atom stereocenters. The number of alkyl halides is 2. The summed E-state index contributed by atoms with van der Waals surface area (Å²) in [5, 5.41) is 0. The summed E-state index contributed by atoms with van der Waals surface area (Å²) < 4.78 is 37.4. The third-order valence-electron chi connectivity index (χ3n) is 4.88. The normalized spacial score (nSPS) is 26.1. The topological polar surface area (TPSA) is 41.6 Å². The first-order valence-corrected chi connectivity index (χ1v) is 9.85. The number of nitrogens with one attached hydrogen (secondary N) is 1. The summed E-state index contributed by atoms with van der Waals surface area (Å²) >= 11 is 1.38. The van der Waals surface area contributed by atoms with Crippen molar-refractivity contribution in [2.45, 2.75) is 89.5 Å². The molecule has 1 N–H and O–H groups in total. The van der Waals surface area contributed by atoms with Gasteiger partial charge in [-0.15, -0.1) is 0 Å². The van der Waals surface area contributed by atoms with Crippen molar-refractivity contribution >= 4 is 18.0 Å². The molecule has 1 aliphatic heterocycles. The summed E-state index contributed by atoms with van der Waals surface area (Å²) in [6.45, 7) is 12.5. The van der Waals surface area contributed by atoms with Crippen molar-refractivity contribution in [3.8, 4) is 0 Å². The van der Waals surface area contributed by atoms with Crippen LogP contribution >= 0.6 is 11.9 Å². The minimum atomic E-state index is -2.70. The molecule has 7 heteroatoms. The number of piperidine rings is 1. The molecule has 0 aromatic heterocycles. The van der Waals surface area contributed by atoms with E-state index in [1.165, 1.54) is 11.9 Å². The maximum absolute atomic E-state index is 14.5. The third kappa shape index (κ3) is 5.22. The van der Waals surface area contributed by atoms with Crippen LogP contribution in [0.15, 0.2) is 0 Å². The van der Waals surface area contributed by atoms with Gasteiger partial charge >= 0.3 is 6.09 Å². The van der Waals surface area contributed by atoms with Gasteiger partial charge in [0.25, 0.3) is 5.92 Å². The maximum atomic E-state index is 14.5. The molecule has 1 aliphatic carbocycles. The SMILES string of the molecule is CC(C)(C)OC(=O)N1CCC2(CC1)CCC(F)(F)[C@H]2NSC(C)(C)C. The average molecular weight is 379 g/mol. The summed E-state index contributed by atoms with van der Waals surface area (Å²) in [7, 11) is 0. The molecule has 2 rings (SSSR count). The molecule has 0 aromatic carbocycles. The van der Waals surface area contributed by atoms with E-state index >= 15 is 0 Å². The molecule has 1 spiro atoms. The van der Waals surface area contributed by atoms with Crippen LogP contribution in [0.1, 0.15) is 67.2 Å². The van der Waals surface area contributed by atoms with Crippen molar-refractivity contribution in [1.29, 1.82) is 0 Å². The Bertz CT molecular complexity index is 492. The van der Waals surface area contributed by atoms with Crippen LogP contribution in [-0.4, -0.2) is 46.4 Å². The van der Waals surface area contributed by atoms with Crippen LogP contribution in [0, 0.1) is 5.41 Å². The molecule has 146 valence electrons. The summed E-state index contributed by atoms with van der Waals surface area (Å²) in [4.78, 5) is 13.9. The number of likely N-dealkylation sites (tertiary alicyclic amines) is 1. The molecule has 0 radical (unpaired) electrons. The maximum Gasteiger partial charge on any atom is 0.410 e. The largest absolute Gasteiger partial charge is 0.444 e. The highest BCUT2D eigenvalue weighted by molar-refractivity contribution is 7.98. The monoisotopic (exact) mass is 378 g/mol. The van der Waals surface area contributed by atoms with Crippen molar-refractivity contribution in [2.24, 2.45) is 5.41 Å². The second-order valence-corrected chi connectivity index (χ2v) is 11.0. The van der Waals surface area contributed by atoms with E-state index < -0.39 is 23.0 Å². The molecule has 2 aliphatic rings. The van der Waals surface area contributed by atoms with Gasteiger partial charge in [-0.2, -0.15) is 0 Å². The Hall–Kier alpha value is -0.560. The van der Waals surface area contributed by atoms with Crippen LogP contribution in [0.3, 0.4) is 0 Å². The lowest BCUT2D eigenvalue weighted by molar-refractivity contribution is -0.0423. The van der Waals surface area contributed by atoms with E-state index in [-0.39, 0.29) is 17.3 Å². The third-order valence-corrected chi connectivity index (χ3v) is 5.85. The van der Waals surface area contributed by atoms with Crippen molar-refractivity contribution in [1.82, 2.24) is 9.62 Å². The molecule has 25 heavy (non-hydrogen) atoms. The number of hydrogen-bond donors (Lipinski definition) is 1. The van der Waals surface area contributed by atoms with Crippen LogP contribution in [0.5, 0.6) is 0 Å². The molecule has 4 nitrogen and oxygen atoms in total. The van der Waals surface area contributed by atoms with E-state index in [1.54, 1.807) is 4.90 Å². The van der Waals surface area contributed by atoms with Gasteiger partial charge in [0.15, 0.2) is 0 Å². The highest BCUT2D eigenvalue weighted by Gasteiger charge is 2.59. The van der Waals surface area contributed by atoms with Gasteiger partial charge in [0.1, 0.15) is 5.60 Å². The fourth-order valence-electron chi connectivity index (χ4n) is 3.60. The van der Waals surface area contributed by atoms with Crippen LogP contribution in [0.25, 0.3) is 0 Å². The predicted molar refractivity (Wildman–Crippen MR) is 97.9 cm³/mol. The standard InChI is InChI=1S/C18H32F2N2O2S/c1-15(2,3)24-14(23)22-11-9-17(10-12-22)7-8-18(19,20)13(17)21-25-16(4,5)6/h13,21H,7-12H2,1-6H3/t13-/m0/s1. The van der Waals surface area contributed by atoms with Gasteiger partial charge < -0.3 is 9.64 Å². The minimum Gasteiger partial charge on any atom is -0.444 e. The van der Waals surface area contributed by atoms with E-state index in [1.807, 2.05) is 41.5 Å². The van der Waals surface area contributed by atoms with E-state index in [2.05, 4.69) is 4.72 Å². The summed E-state index contributed by atoms with van der Waals surface area (Å²) in [6, 6.07) is -0.843. The Kier molecular flexibility index (Phi) is 5.70. The lowest BCUT2D eigenvalue weighted by Crippen LogP contribution is -2.54.